The first-order chi connectivity index (χ1) is 16.8. The summed E-state index contributed by atoms with van der Waals surface area (Å²) in [5.74, 6) is -1.75. The SMILES string of the molecule is CC(=O)O[C@@H](C)C=CC(=O)N[C@@H]1C[C@H](C)[C@H](C/C=C(C)/C=C/[C@H]2O[C@](C)(O)C[C@@]3(CO3)[C@@H]2O)O[C@@H]1C. The molecule has 3 aliphatic rings. The maximum atomic E-state index is 12.3. The van der Waals surface area contributed by atoms with Gasteiger partial charge in [-0.25, -0.2) is 0 Å². The fraction of sp³-hybridized carbons (Fsp3) is 0.704. The molecule has 3 fully saturated rings. The fourth-order valence-electron chi connectivity index (χ4n) is 4.95. The molecular formula is C27H41NO8. The van der Waals surface area contributed by atoms with Gasteiger partial charge in [0.05, 0.1) is 24.9 Å². The minimum atomic E-state index is -1.34. The molecule has 0 radical (unpaired) electrons. The number of carbonyl (C=O) groups excluding carboxylic acids is 2. The summed E-state index contributed by atoms with van der Waals surface area (Å²) in [5, 5.41) is 23.9. The van der Waals surface area contributed by atoms with Crippen LogP contribution in [0.5, 0.6) is 0 Å². The van der Waals surface area contributed by atoms with E-state index < -0.39 is 35.7 Å². The summed E-state index contributed by atoms with van der Waals surface area (Å²) in [5.41, 5.74) is 0.283. The van der Waals surface area contributed by atoms with E-state index in [0.717, 1.165) is 12.0 Å². The Kier molecular flexibility index (Phi) is 9.16. The Hall–Kier alpha value is -2.04. The van der Waals surface area contributed by atoms with E-state index in [9.17, 15) is 19.8 Å². The molecule has 9 heteroatoms. The maximum Gasteiger partial charge on any atom is 0.303 e. The van der Waals surface area contributed by atoms with E-state index in [1.54, 1.807) is 26.0 Å². The van der Waals surface area contributed by atoms with Crippen molar-refractivity contribution in [3.8, 4) is 0 Å². The highest BCUT2D eigenvalue weighted by Crippen LogP contribution is 2.45. The second-order valence-electron chi connectivity index (χ2n) is 10.7. The van der Waals surface area contributed by atoms with Gasteiger partial charge in [0.25, 0.3) is 0 Å². The van der Waals surface area contributed by atoms with E-state index in [2.05, 4.69) is 18.3 Å². The zero-order chi connectivity index (χ0) is 26.7. The molecule has 1 amide bonds. The highest BCUT2D eigenvalue weighted by atomic mass is 16.7. The van der Waals surface area contributed by atoms with E-state index in [1.807, 2.05) is 19.9 Å². The molecule has 0 bridgehead atoms. The first kappa shape index (κ1) is 28.5. The predicted octanol–water partition coefficient (Wildman–Crippen LogP) is 2.31. The zero-order valence-corrected chi connectivity index (χ0v) is 22.1. The number of ether oxygens (including phenoxy) is 4. The summed E-state index contributed by atoms with van der Waals surface area (Å²) < 4.78 is 22.3. The van der Waals surface area contributed by atoms with Crippen molar-refractivity contribution >= 4 is 11.9 Å². The van der Waals surface area contributed by atoms with Crippen molar-refractivity contribution in [3.05, 3.63) is 36.0 Å². The lowest BCUT2D eigenvalue weighted by atomic mass is 9.87. The van der Waals surface area contributed by atoms with Crippen LogP contribution < -0.4 is 5.32 Å². The summed E-state index contributed by atoms with van der Waals surface area (Å²) in [6.45, 7) is 11.1. The average molecular weight is 508 g/mol. The van der Waals surface area contributed by atoms with Gasteiger partial charge in [0, 0.05) is 19.4 Å². The number of esters is 1. The van der Waals surface area contributed by atoms with Crippen LogP contribution in [0.25, 0.3) is 0 Å². The lowest BCUT2D eigenvalue weighted by Gasteiger charge is -2.40. The van der Waals surface area contributed by atoms with E-state index in [0.29, 0.717) is 13.0 Å². The molecule has 3 aliphatic heterocycles. The molecule has 36 heavy (non-hydrogen) atoms. The van der Waals surface area contributed by atoms with Crippen LogP contribution in [-0.2, 0) is 28.5 Å². The van der Waals surface area contributed by atoms with Crippen LogP contribution in [0.2, 0.25) is 0 Å². The summed E-state index contributed by atoms with van der Waals surface area (Å²) in [6, 6.07) is -0.114. The van der Waals surface area contributed by atoms with Crippen molar-refractivity contribution in [1.29, 1.82) is 0 Å². The van der Waals surface area contributed by atoms with Crippen LogP contribution in [-0.4, -0.2) is 76.6 Å². The van der Waals surface area contributed by atoms with Gasteiger partial charge in [0.2, 0.25) is 5.91 Å². The molecule has 0 aromatic carbocycles. The minimum Gasteiger partial charge on any atom is -0.459 e. The quantitative estimate of drug-likeness (QED) is 0.198. The van der Waals surface area contributed by atoms with Gasteiger partial charge in [-0.1, -0.05) is 30.7 Å². The van der Waals surface area contributed by atoms with Crippen LogP contribution in [0.1, 0.15) is 60.8 Å². The van der Waals surface area contributed by atoms with Crippen LogP contribution in [0.15, 0.2) is 36.0 Å². The topological polar surface area (TPSA) is 127 Å². The van der Waals surface area contributed by atoms with Crippen molar-refractivity contribution in [2.45, 2.75) is 109 Å². The van der Waals surface area contributed by atoms with Gasteiger partial charge in [-0.15, -0.1) is 0 Å². The molecule has 1 spiro atoms. The van der Waals surface area contributed by atoms with Gasteiger partial charge >= 0.3 is 5.97 Å². The van der Waals surface area contributed by atoms with Gasteiger partial charge in [0.1, 0.15) is 23.9 Å². The van der Waals surface area contributed by atoms with Gasteiger partial charge in [0.15, 0.2) is 5.79 Å². The predicted molar refractivity (Wildman–Crippen MR) is 133 cm³/mol. The van der Waals surface area contributed by atoms with Gasteiger partial charge in [-0.05, 0) is 52.5 Å². The average Bonchev–Trinajstić information content (AvgIpc) is 3.54. The first-order valence-corrected chi connectivity index (χ1v) is 12.7. The third-order valence-electron chi connectivity index (χ3n) is 7.02. The molecule has 3 saturated heterocycles. The molecular weight excluding hydrogens is 466 g/mol. The fourth-order valence-corrected chi connectivity index (χ4v) is 4.95. The van der Waals surface area contributed by atoms with E-state index in [-0.39, 0.29) is 36.5 Å². The zero-order valence-electron chi connectivity index (χ0n) is 22.1. The Balaban J connectivity index is 1.49. The summed E-state index contributed by atoms with van der Waals surface area (Å²) in [6.07, 6.45) is 8.33. The number of hydrogen-bond acceptors (Lipinski definition) is 8. The van der Waals surface area contributed by atoms with E-state index in [4.69, 9.17) is 18.9 Å². The number of rotatable bonds is 8. The first-order valence-electron chi connectivity index (χ1n) is 12.7. The molecule has 9 nitrogen and oxygen atoms in total. The van der Waals surface area contributed by atoms with Crippen LogP contribution in [0.4, 0.5) is 0 Å². The van der Waals surface area contributed by atoms with Gasteiger partial charge in [-0.3, -0.25) is 9.59 Å². The molecule has 3 heterocycles. The molecule has 0 aromatic heterocycles. The Morgan fingerprint density at radius 1 is 1.25 bits per heavy atom. The van der Waals surface area contributed by atoms with E-state index in [1.165, 1.54) is 13.0 Å². The summed E-state index contributed by atoms with van der Waals surface area (Å²) >= 11 is 0. The molecule has 3 N–H and O–H groups in total. The summed E-state index contributed by atoms with van der Waals surface area (Å²) in [4.78, 5) is 23.3. The smallest absolute Gasteiger partial charge is 0.303 e. The number of allylic oxidation sites excluding steroid dienone is 2. The van der Waals surface area contributed by atoms with Crippen molar-refractivity contribution < 1.29 is 38.7 Å². The number of epoxide rings is 1. The molecule has 9 atom stereocenters. The van der Waals surface area contributed by atoms with Gasteiger partial charge in [-0.2, -0.15) is 0 Å². The Morgan fingerprint density at radius 3 is 2.58 bits per heavy atom. The molecule has 0 aliphatic carbocycles. The maximum absolute atomic E-state index is 12.3. The number of hydrogen-bond donors (Lipinski definition) is 3. The van der Waals surface area contributed by atoms with Crippen LogP contribution >= 0.6 is 0 Å². The van der Waals surface area contributed by atoms with Gasteiger partial charge < -0.3 is 34.5 Å². The molecule has 3 rings (SSSR count). The Labute approximate surface area is 213 Å². The van der Waals surface area contributed by atoms with E-state index >= 15 is 0 Å². The number of amides is 1. The lowest BCUT2D eigenvalue weighted by Crippen LogP contribution is -2.54. The Bertz CT molecular complexity index is 890. The number of aliphatic hydroxyl groups excluding tert-OH is 1. The minimum absolute atomic E-state index is 0.0106. The van der Waals surface area contributed by atoms with Crippen LogP contribution in [0.3, 0.4) is 0 Å². The van der Waals surface area contributed by atoms with Crippen molar-refractivity contribution in [1.82, 2.24) is 5.32 Å². The van der Waals surface area contributed by atoms with Crippen molar-refractivity contribution in [2.24, 2.45) is 5.92 Å². The van der Waals surface area contributed by atoms with Crippen molar-refractivity contribution in [3.63, 3.8) is 0 Å². The molecule has 0 saturated carbocycles. The standard InChI is InChI=1S/C27H41NO8/c1-16(8-11-23-25(31)27(15-33-27)14-26(6,32)36-23)7-10-22-17(2)13-21(19(4)35-22)28-24(30)12-9-18(3)34-20(5)29/h7-9,11-12,17-19,21-23,25,31-32H,10,13-15H2,1-6H3,(H,28,30)/b11-8+,12-9?,16-7+/t17-,18-,19+,21+,22-,23+,25+,26-,27+/m0/s1. The highest BCUT2D eigenvalue weighted by Gasteiger charge is 2.61. The molecule has 202 valence electrons. The second-order valence-corrected chi connectivity index (χ2v) is 10.7. The monoisotopic (exact) mass is 507 g/mol. The lowest BCUT2D eigenvalue weighted by molar-refractivity contribution is -0.272. The molecule has 0 aromatic rings. The molecule has 0 unspecified atom stereocenters. The number of aliphatic hydroxyl groups is 2. The third-order valence-corrected chi connectivity index (χ3v) is 7.02. The normalized spacial score (nSPS) is 39.9. The Morgan fingerprint density at radius 2 is 1.94 bits per heavy atom. The van der Waals surface area contributed by atoms with Crippen LogP contribution in [0, 0.1) is 5.92 Å². The summed E-state index contributed by atoms with van der Waals surface area (Å²) in [7, 11) is 0. The second kappa shape index (κ2) is 11.6. The van der Waals surface area contributed by atoms with Crippen molar-refractivity contribution in [2.75, 3.05) is 6.61 Å². The number of nitrogens with one attached hydrogen (secondary N) is 1. The highest BCUT2D eigenvalue weighted by molar-refractivity contribution is 5.87. The third kappa shape index (κ3) is 7.73. The largest absolute Gasteiger partial charge is 0.459 e. The number of carbonyl (C=O) groups is 2.